The summed E-state index contributed by atoms with van der Waals surface area (Å²) < 4.78 is 7.78. The molecule has 2 aromatic rings. The molecule has 0 radical (unpaired) electrons. The van der Waals surface area contributed by atoms with Gasteiger partial charge in [-0.3, -0.25) is 0 Å². The number of fused-ring (bicyclic) bond motifs is 1. The van der Waals surface area contributed by atoms with E-state index in [0.29, 0.717) is 6.54 Å². The predicted molar refractivity (Wildman–Crippen MR) is 71.9 cm³/mol. The lowest BCUT2D eigenvalue weighted by atomic mass is 10.1. The van der Waals surface area contributed by atoms with Crippen molar-refractivity contribution in [3.8, 4) is 0 Å². The summed E-state index contributed by atoms with van der Waals surface area (Å²) in [7, 11) is 0. The van der Waals surface area contributed by atoms with Gasteiger partial charge in [0.1, 0.15) is 11.3 Å². The standard InChI is InChI=1S/C14H19N3O2/c18-8-7-17-13(10-11-4-1-2-9-19-11)16-12-5-3-6-15-14(12)17/h3,5-6,11,18H,1-2,4,7-10H2. The number of pyridine rings is 1. The molecule has 0 saturated carbocycles. The maximum absolute atomic E-state index is 9.22. The highest BCUT2D eigenvalue weighted by atomic mass is 16.5. The zero-order chi connectivity index (χ0) is 13.1. The quantitative estimate of drug-likeness (QED) is 0.907. The maximum Gasteiger partial charge on any atom is 0.160 e. The second kappa shape index (κ2) is 5.67. The van der Waals surface area contributed by atoms with E-state index in [1.54, 1.807) is 6.20 Å². The Morgan fingerprint density at radius 2 is 2.37 bits per heavy atom. The van der Waals surface area contributed by atoms with Crippen molar-refractivity contribution in [3.63, 3.8) is 0 Å². The minimum absolute atomic E-state index is 0.0978. The van der Waals surface area contributed by atoms with Crippen molar-refractivity contribution in [2.24, 2.45) is 0 Å². The Morgan fingerprint density at radius 1 is 1.42 bits per heavy atom. The van der Waals surface area contributed by atoms with Gasteiger partial charge in [0.15, 0.2) is 5.65 Å². The number of rotatable bonds is 4. The van der Waals surface area contributed by atoms with Gasteiger partial charge in [-0.15, -0.1) is 0 Å². The van der Waals surface area contributed by atoms with Crippen LogP contribution in [0.2, 0.25) is 0 Å². The molecule has 1 aliphatic rings. The zero-order valence-electron chi connectivity index (χ0n) is 11.0. The first-order valence-corrected chi connectivity index (χ1v) is 6.91. The molecule has 1 aliphatic heterocycles. The van der Waals surface area contributed by atoms with Crippen molar-refractivity contribution in [2.45, 2.75) is 38.3 Å². The van der Waals surface area contributed by atoms with E-state index in [0.717, 1.165) is 42.9 Å². The summed E-state index contributed by atoms with van der Waals surface area (Å²) >= 11 is 0. The van der Waals surface area contributed by atoms with Crippen LogP contribution in [0.1, 0.15) is 25.1 Å². The summed E-state index contributed by atoms with van der Waals surface area (Å²) in [6, 6.07) is 3.85. The van der Waals surface area contributed by atoms with Crippen LogP contribution in [0.5, 0.6) is 0 Å². The third kappa shape index (κ3) is 2.62. The van der Waals surface area contributed by atoms with Gasteiger partial charge in [-0.1, -0.05) is 0 Å². The minimum atomic E-state index is 0.0978. The average Bonchev–Trinajstić information content (AvgIpc) is 2.79. The average molecular weight is 261 g/mol. The van der Waals surface area contributed by atoms with Crippen molar-refractivity contribution >= 4 is 11.2 Å². The second-order valence-electron chi connectivity index (χ2n) is 4.94. The van der Waals surface area contributed by atoms with E-state index in [1.165, 1.54) is 6.42 Å². The number of imidazole rings is 1. The summed E-state index contributed by atoms with van der Waals surface area (Å²) in [5.41, 5.74) is 1.74. The van der Waals surface area contributed by atoms with Crippen LogP contribution in [0.15, 0.2) is 18.3 Å². The minimum Gasteiger partial charge on any atom is -0.395 e. The van der Waals surface area contributed by atoms with Crippen LogP contribution in [-0.4, -0.2) is 39.0 Å². The third-order valence-electron chi connectivity index (χ3n) is 3.59. The molecule has 0 aliphatic carbocycles. The maximum atomic E-state index is 9.22. The van der Waals surface area contributed by atoms with Gasteiger partial charge in [0, 0.05) is 25.8 Å². The van der Waals surface area contributed by atoms with Gasteiger partial charge in [-0.25, -0.2) is 9.97 Å². The van der Waals surface area contributed by atoms with Gasteiger partial charge in [-0.05, 0) is 31.4 Å². The van der Waals surface area contributed by atoms with Crippen LogP contribution in [0.25, 0.3) is 11.2 Å². The highest BCUT2D eigenvalue weighted by Crippen LogP contribution is 2.20. The molecule has 3 heterocycles. The molecule has 0 aromatic carbocycles. The van der Waals surface area contributed by atoms with Crippen LogP contribution in [-0.2, 0) is 17.7 Å². The van der Waals surface area contributed by atoms with Crippen LogP contribution in [0.3, 0.4) is 0 Å². The molecule has 1 fully saturated rings. The van der Waals surface area contributed by atoms with Gasteiger partial charge in [-0.2, -0.15) is 0 Å². The van der Waals surface area contributed by atoms with E-state index >= 15 is 0 Å². The monoisotopic (exact) mass is 261 g/mol. The Labute approximate surface area is 112 Å². The van der Waals surface area contributed by atoms with E-state index in [1.807, 2.05) is 16.7 Å². The first-order chi connectivity index (χ1) is 9.38. The summed E-state index contributed by atoms with van der Waals surface area (Å²) in [6.07, 6.45) is 6.29. The summed E-state index contributed by atoms with van der Waals surface area (Å²) in [6.45, 7) is 1.49. The van der Waals surface area contributed by atoms with E-state index in [-0.39, 0.29) is 12.7 Å². The topological polar surface area (TPSA) is 60.2 Å². The van der Waals surface area contributed by atoms with Crippen LogP contribution in [0, 0.1) is 0 Å². The van der Waals surface area contributed by atoms with E-state index in [2.05, 4.69) is 9.97 Å². The van der Waals surface area contributed by atoms with Gasteiger partial charge in [0.05, 0.1) is 12.7 Å². The van der Waals surface area contributed by atoms with Crippen molar-refractivity contribution < 1.29 is 9.84 Å². The van der Waals surface area contributed by atoms with Crippen molar-refractivity contribution in [3.05, 3.63) is 24.2 Å². The molecule has 1 atom stereocenters. The predicted octanol–water partition coefficient (Wildman–Crippen LogP) is 1.54. The molecular weight excluding hydrogens is 242 g/mol. The summed E-state index contributed by atoms with van der Waals surface area (Å²) in [4.78, 5) is 9.00. The molecule has 19 heavy (non-hydrogen) atoms. The molecule has 102 valence electrons. The number of aliphatic hydroxyl groups is 1. The normalized spacial score (nSPS) is 19.9. The van der Waals surface area contributed by atoms with Crippen LogP contribution < -0.4 is 0 Å². The fraction of sp³-hybridized carbons (Fsp3) is 0.571. The molecule has 1 N–H and O–H groups in total. The highest BCUT2D eigenvalue weighted by molar-refractivity contribution is 5.71. The Balaban J connectivity index is 1.90. The second-order valence-corrected chi connectivity index (χ2v) is 4.94. The third-order valence-corrected chi connectivity index (χ3v) is 3.59. The van der Waals surface area contributed by atoms with E-state index in [9.17, 15) is 5.11 Å². The number of ether oxygens (including phenoxy) is 1. The SMILES string of the molecule is OCCn1c(CC2CCCCO2)nc2cccnc21. The molecule has 5 nitrogen and oxygen atoms in total. The Kier molecular flexibility index (Phi) is 3.75. The highest BCUT2D eigenvalue weighted by Gasteiger charge is 2.19. The van der Waals surface area contributed by atoms with Crippen molar-refractivity contribution in [2.75, 3.05) is 13.2 Å². The Morgan fingerprint density at radius 3 is 3.16 bits per heavy atom. The molecule has 2 aromatic heterocycles. The lowest BCUT2D eigenvalue weighted by Crippen LogP contribution is -2.23. The number of hydrogen-bond donors (Lipinski definition) is 1. The molecule has 3 rings (SSSR count). The van der Waals surface area contributed by atoms with Gasteiger partial charge in [0.25, 0.3) is 0 Å². The summed E-state index contributed by atoms with van der Waals surface area (Å²) in [5, 5.41) is 9.22. The van der Waals surface area contributed by atoms with Gasteiger partial charge >= 0.3 is 0 Å². The first-order valence-electron chi connectivity index (χ1n) is 6.91. The number of aromatic nitrogens is 3. The zero-order valence-corrected chi connectivity index (χ0v) is 11.0. The van der Waals surface area contributed by atoms with E-state index in [4.69, 9.17) is 4.74 Å². The Bertz CT molecular complexity index is 547. The molecule has 0 amide bonds. The molecule has 0 bridgehead atoms. The molecule has 5 heteroatoms. The Hall–Kier alpha value is -1.46. The van der Waals surface area contributed by atoms with Crippen molar-refractivity contribution in [1.29, 1.82) is 0 Å². The van der Waals surface area contributed by atoms with Gasteiger partial charge < -0.3 is 14.4 Å². The lowest BCUT2D eigenvalue weighted by molar-refractivity contribution is 0.0151. The molecule has 0 spiro atoms. The van der Waals surface area contributed by atoms with Gasteiger partial charge in [0.2, 0.25) is 0 Å². The van der Waals surface area contributed by atoms with Crippen LogP contribution >= 0.6 is 0 Å². The molecule has 1 unspecified atom stereocenters. The van der Waals surface area contributed by atoms with E-state index < -0.39 is 0 Å². The fourth-order valence-corrected chi connectivity index (χ4v) is 2.67. The lowest BCUT2D eigenvalue weighted by Gasteiger charge is -2.22. The largest absolute Gasteiger partial charge is 0.395 e. The summed E-state index contributed by atoms with van der Waals surface area (Å²) in [5.74, 6) is 0.967. The first kappa shape index (κ1) is 12.6. The number of aliphatic hydroxyl groups excluding tert-OH is 1. The van der Waals surface area contributed by atoms with Crippen LogP contribution in [0.4, 0.5) is 0 Å². The fourth-order valence-electron chi connectivity index (χ4n) is 2.67. The van der Waals surface area contributed by atoms with Crippen molar-refractivity contribution in [1.82, 2.24) is 14.5 Å². The molecule has 1 saturated heterocycles. The number of hydrogen-bond acceptors (Lipinski definition) is 4. The molecular formula is C14H19N3O2. The number of nitrogens with zero attached hydrogens (tertiary/aromatic N) is 3. The smallest absolute Gasteiger partial charge is 0.160 e.